The van der Waals surface area contributed by atoms with E-state index < -0.39 is 6.10 Å². The van der Waals surface area contributed by atoms with Crippen molar-refractivity contribution < 1.29 is 28.6 Å². The highest BCUT2D eigenvalue weighted by atomic mass is 16.6. The van der Waals surface area contributed by atoms with Crippen molar-refractivity contribution in [2.45, 2.75) is 374 Å². The van der Waals surface area contributed by atoms with Crippen molar-refractivity contribution in [3.63, 3.8) is 0 Å². The molecule has 0 aromatic carbocycles. The second kappa shape index (κ2) is 71.1. The van der Waals surface area contributed by atoms with E-state index in [2.05, 4.69) is 106 Å². The smallest absolute Gasteiger partial charge is 0.306 e. The van der Waals surface area contributed by atoms with E-state index in [0.29, 0.717) is 19.3 Å². The van der Waals surface area contributed by atoms with Gasteiger partial charge in [-0.1, -0.05) is 318 Å². The Kier molecular flexibility index (Phi) is 68.2. The van der Waals surface area contributed by atoms with Crippen LogP contribution in [0, 0.1) is 0 Å². The molecule has 6 nitrogen and oxygen atoms in total. The van der Waals surface area contributed by atoms with E-state index >= 15 is 0 Å². The summed E-state index contributed by atoms with van der Waals surface area (Å²) in [6, 6.07) is 0. The standard InChI is InChI=1S/C77H136O6/c1-4-7-10-13-16-19-22-25-28-30-32-34-35-36-37-38-39-40-41-43-44-46-49-52-55-58-61-64-67-70-76(79)82-73-74(72-81-75(78)69-66-63-60-57-54-51-48-27-24-21-18-15-12-9-6-3)83-77(80)71-68-65-62-59-56-53-50-47-45-42-33-31-29-26-23-20-17-14-11-8-5-2/h9,12,18,21-22,25,27,30-33,35-36,48,74H,4-8,10-11,13-17,19-20,23-24,26,28-29,34,37-47,49-73H2,1-3H3/b12-9-,21-18-,25-22-,32-30-,33-31-,36-35-,48-27-. The lowest BCUT2D eigenvalue weighted by molar-refractivity contribution is -0.167. The molecule has 0 saturated carbocycles. The average Bonchev–Trinajstić information content (AvgIpc) is 3.49. The Morgan fingerprint density at radius 1 is 0.253 bits per heavy atom. The summed E-state index contributed by atoms with van der Waals surface area (Å²) in [4.78, 5) is 38.5. The molecule has 0 heterocycles. The van der Waals surface area contributed by atoms with Gasteiger partial charge in [0.05, 0.1) is 0 Å². The molecule has 0 aliphatic heterocycles. The Balaban J connectivity index is 4.28. The van der Waals surface area contributed by atoms with E-state index in [1.165, 1.54) is 218 Å². The molecule has 480 valence electrons. The Morgan fingerprint density at radius 3 is 0.747 bits per heavy atom. The molecule has 0 radical (unpaired) electrons. The highest BCUT2D eigenvalue weighted by Crippen LogP contribution is 2.17. The van der Waals surface area contributed by atoms with Crippen LogP contribution in [-0.2, 0) is 28.6 Å². The average molecular weight is 1160 g/mol. The first-order chi connectivity index (χ1) is 41.0. The second-order valence-electron chi connectivity index (χ2n) is 24.1. The molecule has 0 amide bonds. The third-order valence-electron chi connectivity index (χ3n) is 15.9. The highest BCUT2D eigenvalue weighted by molar-refractivity contribution is 5.71. The van der Waals surface area contributed by atoms with Gasteiger partial charge in [-0.3, -0.25) is 14.4 Å². The van der Waals surface area contributed by atoms with Gasteiger partial charge in [0.2, 0.25) is 0 Å². The minimum absolute atomic E-state index is 0.0810. The summed E-state index contributed by atoms with van der Waals surface area (Å²) >= 11 is 0. The molecule has 0 saturated heterocycles. The number of rotatable bonds is 66. The SMILES string of the molecule is CC/C=C\C/C=C\C/C=C\CCCCCCCC(=O)OCC(COC(=O)CCCCCCCCCCCCCCCC/C=C\C/C=C\C/C=C\CCCCCCC)OC(=O)CCCCCCCCCCC/C=C\CCCCCCCCCC. The lowest BCUT2D eigenvalue weighted by Gasteiger charge is -2.18. The van der Waals surface area contributed by atoms with Gasteiger partial charge in [0.25, 0.3) is 0 Å². The Morgan fingerprint density at radius 2 is 0.470 bits per heavy atom. The van der Waals surface area contributed by atoms with Crippen molar-refractivity contribution in [1.82, 2.24) is 0 Å². The van der Waals surface area contributed by atoms with Crippen LogP contribution in [-0.4, -0.2) is 37.2 Å². The van der Waals surface area contributed by atoms with Crippen molar-refractivity contribution in [3.8, 4) is 0 Å². The normalized spacial score (nSPS) is 12.6. The van der Waals surface area contributed by atoms with E-state index in [1.54, 1.807) is 0 Å². The fourth-order valence-electron chi connectivity index (χ4n) is 10.5. The van der Waals surface area contributed by atoms with Crippen molar-refractivity contribution in [2.24, 2.45) is 0 Å². The molecular formula is C77H136O6. The van der Waals surface area contributed by atoms with E-state index in [1.807, 2.05) is 0 Å². The van der Waals surface area contributed by atoms with Gasteiger partial charge in [0.15, 0.2) is 6.10 Å². The Hall–Kier alpha value is -3.41. The van der Waals surface area contributed by atoms with Gasteiger partial charge < -0.3 is 14.2 Å². The van der Waals surface area contributed by atoms with Crippen LogP contribution in [0.3, 0.4) is 0 Å². The zero-order valence-corrected chi connectivity index (χ0v) is 55.2. The minimum Gasteiger partial charge on any atom is -0.462 e. The number of hydrogen-bond donors (Lipinski definition) is 0. The second-order valence-corrected chi connectivity index (χ2v) is 24.1. The maximum atomic E-state index is 13.0. The van der Waals surface area contributed by atoms with E-state index in [9.17, 15) is 14.4 Å². The molecule has 83 heavy (non-hydrogen) atoms. The summed E-state index contributed by atoms with van der Waals surface area (Å²) < 4.78 is 17.0. The first-order valence-electron chi connectivity index (χ1n) is 36.1. The van der Waals surface area contributed by atoms with Crippen LogP contribution >= 0.6 is 0 Å². The van der Waals surface area contributed by atoms with Gasteiger partial charge in [0.1, 0.15) is 13.2 Å². The summed E-state index contributed by atoms with van der Waals surface area (Å²) in [5.74, 6) is -0.883. The summed E-state index contributed by atoms with van der Waals surface area (Å²) in [5, 5.41) is 0. The largest absolute Gasteiger partial charge is 0.462 e. The molecule has 6 heteroatoms. The maximum Gasteiger partial charge on any atom is 0.306 e. The quantitative estimate of drug-likeness (QED) is 0.0261. The molecule has 0 rings (SSSR count). The molecule has 0 fully saturated rings. The van der Waals surface area contributed by atoms with Crippen molar-refractivity contribution in [1.29, 1.82) is 0 Å². The van der Waals surface area contributed by atoms with E-state index in [4.69, 9.17) is 14.2 Å². The molecule has 1 unspecified atom stereocenters. The number of hydrogen-bond acceptors (Lipinski definition) is 6. The number of allylic oxidation sites excluding steroid dienone is 14. The third-order valence-corrected chi connectivity index (χ3v) is 15.9. The lowest BCUT2D eigenvalue weighted by atomic mass is 10.0. The molecule has 1 atom stereocenters. The molecule has 0 aliphatic rings. The predicted octanol–water partition coefficient (Wildman–Crippen LogP) is 25.0. The van der Waals surface area contributed by atoms with Crippen molar-refractivity contribution >= 4 is 17.9 Å². The summed E-state index contributed by atoms with van der Waals surface area (Å²) in [6.45, 7) is 6.55. The predicted molar refractivity (Wildman–Crippen MR) is 362 cm³/mol. The topological polar surface area (TPSA) is 78.9 Å². The monoisotopic (exact) mass is 1160 g/mol. The van der Waals surface area contributed by atoms with Crippen LogP contribution in [0.2, 0.25) is 0 Å². The fraction of sp³-hybridized carbons (Fsp3) is 0.779. The van der Waals surface area contributed by atoms with Crippen LogP contribution in [0.5, 0.6) is 0 Å². The first kappa shape index (κ1) is 79.6. The van der Waals surface area contributed by atoms with Gasteiger partial charge in [-0.25, -0.2) is 0 Å². The first-order valence-corrected chi connectivity index (χ1v) is 36.1. The molecule has 0 spiro atoms. The lowest BCUT2D eigenvalue weighted by Crippen LogP contribution is -2.30. The molecule has 0 aromatic heterocycles. The molecule has 0 N–H and O–H groups in total. The van der Waals surface area contributed by atoms with Gasteiger partial charge >= 0.3 is 17.9 Å². The third kappa shape index (κ3) is 69.3. The van der Waals surface area contributed by atoms with Gasteiger partial charge in [-0.05, 0) is 116 Å². The fourth-order valence-corrected chi connectivity index (χ4v) is 10.5. The van der Waals surface area contributed by atoms with Gasteiger partial charge in [-0.2, -0.15) is 0 Å². The number of ether oxygens (including phenoxy) is 3. The van der Waals surface area contributed by atoms with Crippen molar-refractivity contribution in [3.05, 3.63) is 85.1 Å². The Bertz CT molecular complexity index is 1570. The van der Waals surface area contributed by atoms with Gasteiger partial charge in [0, 0.05) is 19.3 Å². The molecule has 0 aliphatic carbocycles. The Labute approximate surface area is 515 Å². The zero-order chi connectivity index (χ0) is 59.9. The molecule has 0 bridgehead atoms. The summed E-state index contributed by atoms with van der Waals surface area (Å²) in [7, 11) is 0. The van der Waals surface area contributed by atoms with Gasteiger partial charge in [-0.15, -0.1) is 0 Å². The van der Waals surface area contributed by atoms with Crippen LogP contribution in [0.25, 0.3) is 0 Å². The highest BCUT2D eigenvalue weighted by Gasteiger charge is 2.19. The minimum atomic E-state index is -0.787. The number of esters is 3. The zero-order valence-electron chi connectivity index (χ0n) is 55.2. The number of unbranched alkanes of at least 4 members (excludes halogenated alkanes) is 41. The molecular weight excluding hydrogens is 1020 g/mol. The number of carbonyl (C=O) groups excluding carboxylic acids is 3. The summed E-state index contributed by atoms with van der Waals surface area (Å²) in [5.41, 5.74) is 0. The van der Waals surface area contributed by atoms with E-state index in [-0.39, 0.29) is 31.1 Å². The van der Waals surface area contributed by atoms with Crippen LogP contribution in [0.1, 0.15) is 367 Å². The van der Waals surface area contributed by atoms with Crippen molar-refractivity contribution in [2.75, 3.05) is 13.2 Å². The maximum absolute atomic E-state index is 13.0. The molecule has 0 aromatic rings. The van der Waals surface area contributed by atoms with Crippen LogP contribution in [0.4, 0.5) is 0 Å². The van der Waals surface area contributed by atoms with Crippen LogP contribution < -0.4 is 0 Å². The summed E-state index contributed by atoms with van der Waals surface area (Å²) in [6.07, 6.45) is 94.7. The number of carbonyl (C=O) groups is 3. The van der Waals surface area contributed by atoms with Crippen LogP contribution in [0.15, 0.2) is 85.1 Å². The van der Waals surface area contributed by atoms with E-state index in [0.717, 1.165) is 109 Å².